The molecule has 0 aromatic heterocycles. The molecule has 1 amide bonds. The van der Waals surface area contributed by atoms with Gasteiger partial charge in [0, 0.05) is 22.4 Å². The Morgan fingerprint density at radius 2 is 1.79 bits per heavy atom. The third-order valence-corrected chi connectivity index (χ3v) is 4.95. The quantitative estimate of drug-likeness (QED) is 0.528. The summed E-state index contributed by atoms with van der Waals surface area (Å²) in [6.45, 7) is 8.19. The Kier molecular flexibility index (Phi) is 6.32. The summed E-state index contributed by atoms with van der Waals surface area (Å²) in [7, 11) is 0. The average molecular weight is 391 g/mol. The van der Waals surface area contributed by atoms with E-state index in [0.717, 1.165) is 22.4 Å². The molecule has 3 rings (SSSR count). The van der Waals surface area contributed by atoms with Crippen LogP contribution < -0.4 is 10.1 Å². The van der Waals surface area contributed by atoms with Gasteiger partial charge in [0.15, 0.2) is 0 Å². The first-order chi connectivity index (χ1) is 13.9. The van der Waals surface area contributed by atoms with Gasteiger partial charge in [-0.15, -0.1) is 0 Å². The van der Waals surface area contributed by atoms with Crippen LogP contribution in [0, 0.1) is 19.7 Å². The molecule has 0 unspecified atom stereocenters. The first-order valence-electron chi connectivity index (χ1n) is 9.74. The Balaban J connectivity index is 1.82. The summed E-state index contributed by atoms with van der Waals surface area (Å²) >= 11 is 0. The van der Waals surface area contributed by atoms with Crippen LogP contribution in [0.15, 0.2) is 60.7 Å². The molecule has 0 radical (unpaired) electrons. The molecule has 0 saturated carbocycles. The molecule has 0 heterocycles. The second kappa shape index (κ2) is 8.91. The lowest BCUT2D eigenvalue weighted by atomic mass is 10.0. The molecule has 0 atom stereocenters. The van der Waals surface area contributed by atoms with Crippen LogP contribution in [-0.2, 0) is 6.61 Å². The predicted molar refractivity (Wildman–Crippen MR) is 115 cm³/mol. The fraction of sp³-hybridized carbons (Fsp3) is 0.240. The standard InChI is InChI=1S/C25H26FNO2/c1-16(2)20-13-12-17(3)14-24(20)29-15-19-8-5-6-9-21(19)25(28)27-23-11-7-10-22(26)18(23)4/h5-14,16H,15H2,1-4H3,(H,27,28). The van der Waals surface area contributed by atoms with Crippen molar-refractivity contribution in [2.45, 2.75) is 40.2 Å². The Labute approximate surface area is 171 Å². The molecule has 3 nitrogen and oxygen atoms in total. The smallest absolute Gasteiger partial charge is 0.256 e. The largest absolute Gasteiger partial charge is 0.489 e. The van der Waals surface area contributed by atoms with Crippen LogP contribution in [0.25, 0.3) is 0 Å². The normalized spacial score (nSPS) is 10.8. The van der Waals surface area contributed by atoms with Gasteiger partial charge in [0.1, 0.15) is 18.2 Å². The number of hydrogen-bond acceptors (Lipinski definition) is 2. The van der Waals surface area contributed by atoms with E-state index in [-0.39, 0.29) is 18.3 Å². The van der Waals surface area contributed by atoms with E-state index < -0.39 is 0 Å². The molecule has 3 aromatic carbocycles. The fourth-order valence-corrected chi connectivity index (χ4v) is 3.20. The maximum Gasteiger partial charge on any atom is 0.256 e. The zero-order valence-electron chi connectivity index (χ0n) is 17.3. The van der Waals surface area contributed by atoms with Crippen LogP contribution in [0.5, 0.6) is 5.75 Å². The molecular weight excluding hydrogens is 365 g/mol. The molecule has 0 aliphatic rings. The highest BCUT2D eigenvalue weighted by Crippen LogP contribution is 2.28. The third kappa shape index (κ3) is 4.83. The minimum absolute atomic E-state index is 0.273. The monoisotopic (exact) mass is 391 g/mol. The minimum Gasteiger partial charge on any atom is -0.489 e. The van der Waals surface area contributed by atoms with Gasteiger partial charge in [-0.3, -0.25) is 4.79 Å². The summed E-state index contributed by atoms with van der Waals surface area (Å²) in [5.74, 6) is 0.530. The van der Waals surface area contributed by atoms with Crippen LogP contribution in [0.4, 0.5) is 10.1 Å². The Hall–Kier alpha value is -3.14. The number of carbonyl (C=O) groups excluding carboxylic acids is 1. The summed E-state index contributed by atoms with van der Waals surface area (Å²) in [4.78, 5) is 12.8. The lowest BCUT2D eigenvalue weighted by Crippen LogP contribution is -2.16. The van der Waals surface area contributed by atoms with Crippen molar-refractivity contribution >= 4 is 11.6 Å². The van der Waals surface area contributed by atoms with Crippen molar-refractivity contribution < 1.29 is 13.9 Å². The fourth-order valence-electron chi connectivity index (χ4n) is 3.20. The summed E-state index contributed by atoms with van der Waals surface area (Å²) in [5.41, 5.74) is 4.41. The van der Waals surface area contributed by atoms with Crippen molar-refractivity contribution in [2.24, 2.45) is 0 Å². The number of nitrogens with one attached hydrogen (secondary N) is 1. The zero-order chi connectivity index (χ0) is 21.0. The van der Waals surface area contributed by atoms with E-state index in [9.17, 15) is 9.18 Å². The van der Waals surface area contributed by atoms with E-state index >= 15 is 0 Å². The van der Waals surface area contributed by atoms with Crippen LogP contribution in [0.2, 0.25) is 0 Å². The second-order valence-electron chi connectivity index (χ2n) is 7.51. The van der Waals surface area contributed by atoms with E-state index in [2.05, 4.69) is 31.3 Å². The molecule has 3 aromatic rings. The van der Waals surface area contributed by atoms with E-state index in [4.69, 9.17) is 4.74 Å². The van der Waals surface area contributed by atoms with E-state index in [1.54, 1.807) is 25.1 Å². The molecule has 0 fully saturated rings. The molecule has 29 heavy (non-hydrogen) atoms. The molecule has 4 heteroatoms. The first kappa shape index (κ1) is 20.6. The average Bonchev–Trinajstić information content (AvgIpc) is 2.70. The van der Waals surface area contributed by atoms with Crippen molar-refractivity contribution in [1.29, 1.82) is 0 Å². The number of amides is 1. The number of carbonyl (C=O) groups is 1. The van der Waals surface area contributed by atoms with Gasteiger partial charge in [0.05, 0.1) is 0 Å². The molecular formula is C25H26FNO2. The number of ether oxygens (including phenoxy) is 1. The third-order valence-electron chi connectivity index (χ3n) is 4.95. The highest BCUT2D eigenvalue weighted by Gasteiger charge is 2.15. The first-order valence-corrected chi connectivity index (χ1v) is 9.74. The Morgan fingerprint density at radius 1 is 1.03 bits per heavy atom. The topological polar surface area (TPSA) is 38.3 Å². The number of anilines is 1. The van der Waals surface area contributed by atoms with E-state index in [0.29, 0.717) is 22.7 Å². The van der Waals surface area contributed by atoms with Gasteiger partial charge in [-0.25, -0.2) is 4.39 Å². The highest BCUT2D eigenvalue weighted by atomic mass is 19.1. The van der Waals surface area contributed by atoms with Gasteiger partial charge in [-0.05, 0) is 55.2 Å². The molecule has 0 saturated heterocycles. The van der Waals surface area contributed by atoms with Crippen LogP contribution in [-0.4, -0.2) is 5.91 Å². The van der Waals surface area contributed by atoms with Crippen molar-refractivity contribution in [3.63, 3.8) is 0 Å². The predicted octanol–water partition coefficient (Wildman–Crippen LogP) is 6.40. The van der Waals surface area contributed by atoms with Gasteiger partial charge >= 0.3 is 0 Å². The van der Waals surface area contributed by atoms with E-state index in [1.807, 2.05) is 31.2 Å². The number of aryl methyl sites for hydroxylation is 1. The van der Waals surface area contributed by atoms with Gasteiger partial charge in [-0.1, -0.05) is 50.2 Å². The molecule has 0 bridgehead atoms. The minimum atomic E-state index is -0.347. The van der Waals surface area contributed by atoms with Crippen LogP contribution >= 0.6 is 0 Å². The summed E-state index contributed by atoms with van der Waals surface area (Å²) in [6, 6.07) is 18.1. The SMILES string of the molecule is Cc1ccc(C(C)C)c(OCc2ccccc2C(=O)Nc2cccc(F)c2C)c1. The summed E-state index contributed by atoms with van der Waals surface area (Å²) in [5, 5.41) is 2.81. The highest BCUT2D eigenvalue weighted by molar-refractivity contribution is 6.05. The molecule has 0 spiro atoms. The Morgan fingerprint density at radius 3 is 2.55 bits per heavy atom. The van der Waals surface area contributed by atoms with Gasteiger partial charge in [-0.2, -0.15) is 0 Å². The molecule has 150 valence electrons. The van der Waals surface area contributed by atoms with Gasteiger partial charge in [0.25, 0.3) is 5.91 Å². The van der Waals surface area contributed by atoms with Crippen molar-refractivity contribution in [3.05, 3.63) is 94.3 Å². The molecule has 0 aliphatic heterocycles. The lowest BCUT2D eigenvalue weighted by Gasteiger charge is -2.16. The van der Waals surface area contributed by atoms with Crippen LogP contribution in [0.1, 0.15) is 52.4 Å². The molecule has 1 N–H and O–H groups in total. The number of halogens is 1. The second-order valence-corrected chi connectivity index (χ2v) is 7.51. The van der Waals surface area contributed by atoms with Crippen molar-refractivity contribution in [3.8, 4) is 5.75 Å². The van der Waals surface area contributed by atoms with Crippen LogP contribution in [0.3, 0.4) is 0 Å². The molecule has 0 aliphatic carbocycles. The number of hydrogen-bond donors (Lipinski definition) is 1. The number of benzene rings is 3. The summed E-state index contributed by atoms with van der Waals surface area (Å²) < 4.78 is 19.9. The Bertz CT molecular complexity index is 1030. The number of rotatable bonds is 6. The lowest BCUT2D eigenvalue weighted by molar-refractivity contribution is 0.102. The van der Waals surface area contributed by atoms with E-state index in [1.165, 1.54) is 6.07 Å². The summed E-state index contributed by atoms with van der Waals surface area (Å²) in [6.07, 6.45) is 0. The van der Waals surface area contributed by atoms with Crippen molar-refractivity contribution in [2.75, 3.05) is 5.32 Å². The maximum absolute atomic E-state index is 13.8. The zero-order valence-corrected chi connectivity index (χ0v) is 17.3. The maximum atomic E-state index is 13.8. The van der Waals surface area contributed by atoms with Crippen molar-refractivity contribution in [1.82, 2.24) is 0 Å². The van der Waals surface area contributed by atoms with Gasteiger partial charge < -0.3 is 10.1 Å². The van der Waals surface area contributed by atoms with Gasteiger partial charge in [0.2, 0.25) is 0 Å².